The number of ether oxygens (including phenoxy) is 3. The molecule has 1 saturated heterocycles. The van der Waals surface area contributed by atoms with Crippen LogP contribution in [0.2, 0.25) is 0 Å². The maximum atomic E-state index is 14.4. The summed E-state index contributed by atoms with van der Waals surface area (Å²) in [6.07, 6.45) is 0. The van der Waals surface area contributed by atoms with Crippen LogP contribution in [0, 0.1) is 0 Å². The lowest BCUT2D eigenvalue weighted by atomic mass is 9.57. The van der Waals surface area contributed by atoms with Crippen LogP contribution in [0.4, 0.5) is 11.4 Å². The van der Waals surface area contributed by atoms with Crippen molar-refractivity contribution in [1.82, 2.24) is 5.32 Å². The molecule has 0 aromatic heterocycles. The maximum absolute atomic E-state index is 14.4. The Labute approximate surface area is 213 Å². The SMILES string of the molecule is COC(=O)[C@@H]1N[C@@]2(C(=O)Nc3ccccc32)[C@]2(C(=O)Nc3ccccc32)[C@H]1c1ccc(OC)c(OC)c1. The quantitative estimate of drug-likeness (QED) is 0.473. The highest BCUT2D eigenvalue weighted by Gasteiger charge is 2.77. The van der Waals surface area contributed by atoms with Crippen molar-refractivity contribution < 1.29 is 28.6 Å². The molecule has 1 fully saturated rings. The van der Waals surface area contributed by atoms with Gasteiger partial charge in [-0.15, -0.1) is 0 Å². The summed E-state index contributed by atoms with van der Waals surface area (Å²) >= 11 is 0. The molecule has 3 N–H and O–H groups in total. The third-order valence-electron chi connectivity index (χ3n) is 7.86. The molecule has 0 aliphatic carbocycles. The third-order valence-corrected chi connectivity index (χ3v) is 7.86. The number of nitrogens with one attached hydrogen (secondary N) is 3. The normalized spacial score (nSPS) is 27.0. The first-order valence-electron chi connectivity index (χ1n) is 11.8. The van der Waals surface area contributed by atoms with E-state index in [-0.39, 0.29) is 5.91 Å². The monoisotopic (exact) mass is 499 g/mol. The Kier molecular flexibility index (Phi) is 5.03. The van der Waals surface area contributed by atoms with E-state index in [4.69, 9.17) is 14.2 Å². The van der Waals surface area contributed by atoms with E-state index in [2.05, 4.69) is 16.0 Å². The van der Waals surface area contributed by atoms with Gasteiger partial charge < -0.3 is 24.8 Å². The number of amides is 2. The van der Waals surface area contributed by atoms with Crippen molar-refractivity contribution in [2.45, 2.75) is 22.9 Å². The number of rotatable bonds is 4. The predicted molar refractivity (Wildman–Crippen MR) is 135 cm³/mol. The van der Waals surface area contributed by atoms with E-state index in [0.717, 1.165) is 0 Å². The van der Waals surface area contributed by atoms with Crippen molar-refractivity contribution >= 4 is 29.2 Å². The lowest BCUT2D eigenvalue weighted by Crippen LogP contribution is -2.60. The molecule has 3 aliphatic rings. The molecule has 3 aromatic rings. The third kappa shape index (κ3) is 2.74. The molecular weight excluding hydrogens is 474 g/mol. The maximum Gasteiger partial charge on any atom is 0.323 e. The van der Waals surface area contributed by atoms with Crippen LogP contribution in [0.25, 0.3) is 0 Å². The first-order chi connectivity index (χ1) is 17.9. The first-order valence-corrected chi connectivity index (χ1v) is 11.8. The van der Waals surface area contributed by atoms with Crippen LogP contribution in [0.3, 0.4) is 0 Å². The van der Waals surface area contributed by atoms with Gasteiger partial charge in [-0.05, 0) is 35.4 Å². The fourth-order valence-corrected chi connectivity index (χ4v) is 6.48. The van der Waals surface area contributed by atoms with Crippen molar-refractivity contribution in [3.05, 3.63) is 83.4 Å². The molecule has 9 heteroatoms. The number of anilines is 2. The highest BCUT2D eigenvalue weighted by Crippen LogP contribution is 2.64. The molecule has 2 amide bonds. The van der Waals surface area contributed by atoms with Gasteiger partial charge in [-0.2, -0.15) is 0 Å². The molecular formula is C28H25N3O6. The molecule has 188 valence electrons. The van der Waals surface area contributed by atoms with Gasteiger partial charge in [0, 0.05) is 22.9 Å². The van der Waals surface area contributed by atoms with E-state index < -0.39 is 34.8 Å². The van der Waals surface area contributed by atoms with Gasteiger partial charge in [0.1, 0.15) is 17.0 Å². The number of methoxy groups -OCH3 is 3. The van der Waals surface area contributed by atoms with E-state index in [1.807, 2.05) is 36.4 Å². The molecule has 4 atom stereocenters. The molecule has 2 spiro atoms. The molecule has 0 radical (unpaired) electrons. The standard InChI is InChI=1S/C28H25N3O6/c1-35-20-13-12-15(14-21(20)36-2)22-23(24(32)37-3)31-28(17-9-5-7-11-19(17)30-26(28)34)27(22)16-8-4-6-10-18(16)29-25(27)33/h4-14,22-23,31H,1-3H3,(H,29,33)(H,30,34)/t22-,23+,27-,28-/m0/s1. The zero-order chi connectivity index (χ0) is 25.9. The molecule has 3 heterocycles. The van der Waals surface area contributed by atoms with E-state index in [1.54, 1.807) is 30.3 Å². The van der Waals surface area contributed by atoms with Crippen LogP contribution in [0.15, 0.2) is 66.7 Å². The molecule has 9 nitrogen and oxygen atoms in total. The van der Waals surface area contributed by atoms with Crippen LogP contribution in [-0.4, -0.2) is 45.2 Å². The summed E-state index contributed by atoms with van der Waals surface area (Å²) in [7, 11) is 4.34. The van der Waals surface area contributed by atoms with Crippen molar-refractivity contribution in [2.75, 3.05) is 32.0 Å². The average molecular weight is 500 g/mol. The van der Waals surface area contributed by atoms with Crippen molar-refractivity contribution in [2.24, 2.45) is 0 Å². The minimum atomic E-state index is -1.60. The second-order valence-electron chi connectivity index (χ2n) is 9.29. The molecule has 0 saturated carbocycles. The molecule has 37 heavy (non-hydrogen) atoms. The lowest BCUT2D eigenvalue weighted by Gasteiger charge is -2.40. The minimum absolute atomic E-state index is 0.390. The summed E-state index contributed by atoms with van der Waals surface area (Å²) in [5.74, 6) is -1.32. The number of carbonyl (C=O) groups is 3. The molecule has 3 aliphatic heterocycles. The Morgan fingerprint density at radius 1 is 0.784 bits per heavy atom. The number of para-hydroxylation sites is 2. The summed E-state index contributed by atoms with van der Waals surface area (Å²) in [4.78, 5) is 41.8. The van der Waals surface area contributed by atoms with E-state index in [9.17, 15) is 14.4 Å². The van der Waals surface area contributed by atoms with Gasteiger partial charge in [0.05, 0.1) is 21.3 Å². The van der Waals surface area contributed by atoms with Crippen LogP contribution in [0.1, 0.15) is 22.6 Å². The zero-order valence-corrected chi connectivity index (χ0v) is 20.5. The fraction of sp³-hybridized carbons (Fsp3) is 0.250. The number of benzene rings is 3. The van der Waals surface area contributed by atoms with Crippen molar-refractivity contribution in [3.63, 3.8) is 0 Å². The summed E-state index contributed by atoms with van der Waals surface area (Å²) < 4.78 is 16.2. The highest BCUT2D eigenvalue weighted by atomic mass is 16.5. The number of hydrogen-bond acceptors (Lipinski definition) is 7. The minimum Gasteiger partial charge on any atom is -0.493 e. The van der Waals surface area contributed by atoms with Crippen LogP contribution >= 0.6 is 0 Å². The first kappa shape index (κ1) is 23.1. The van der Waals surface area contributed by atoms with Crippen molar-refractivity contribution in [3.8, 4) is 11.5 Å². The number of carbonyl (C=O) groups excluding carboxylic acids is 3. The Morgan fingerprint density at radius 3 is 2.08 bits per heavy atom. The highest BCUT2D eigenvalue weighted by molar-refractivity contribution is 6.19. The Morgan fingerprint density at radius 2 is 1.41 bits per heavy atom. The molecule has 6 rings (SSSR count). The lowest BCUT2D eigenvalue weighted by molar-refractivity contribution is -0.143. The average Bonchev–Trinajstić information content (AvgIpc) is 3.52. The number of esters is 1. The smallest absolute Gasteiger partial charge is 0.323 e. The predicted octanol–water partition coefficient (Wildman–Crippen LogP) is 2.67. The second-order valence-corrected chi connectivity index (χ2v) is 9.29. The van der Waals surface area contributed by atoms with Crippen LogP contribution < -0.4 is 25.4 Å². The van der Waals surface area contributed by atoms with Crippen LogP contribution in [-0.2, 0) is 30.1 Å². The van der Waals surface area contributed by atoms with E-state index in [0.29, 0.717) is 39.6 Å². The van der Waals surface area contributed by atoms with Gasteiger partial charge in [-0.25, -0.2) is 0 Å². The van der Waals surface area contributed by atoms with E-state index in [1.165, 1.54) is 21.3 Å². The van der Waals surface area contributed by atoms with Crippen LogP contribution in [0.5, 0.6) is 11.5 Å². The second kappa shape index (κ2) is 8.07. The van der Waals surface area contributed by atoms with Gasteiger partial charge in [-0.1, -0.05) is 42.5 Å². The van der Waals surface area contributed by atoms with Gasteiger partial charge in [0.25, 0.3) is 5.91 Å². The largest absolute Gasteiger partial charge is 0.493 e. The van der Waals surface area contributed by atoms with Gasteiger partial charge in [-0.3, -0.25) is 19.7 Å². The topological polar surface area (TPSA) is 115 Å². The van der Waals surface area contributed by atoms with Gasteiger partial charge >= 0.3 is 5.97 Å². The summed E-state index contributed by atoms with van der Waals surface area (Å²) in [5, 5.41) is 9.26. The van der Waals surface area contributed by atoms with E-state index >= 15 is 0 Å². The van der Waals surface area contributed by atoms with Crippen molar-refractivity contribution in [1.29, 1.82) is 0 Å². The zero-order valence-electron chi connectivity index (χ0n) is 20.5. The van der Waals surface area contributed by atoms with Gasteiger partial charge in [0.2, 0.25) is 5.91 Å². The molecule has 0 bridgehead atoms. The molecule has 0 unspecified atom stereocenters. The van der Waals surface area contributed by atoms with Gasteiger partial charge in [0.15, 0.2) is 11.5 Å². The summed E-state index contributed by atoms with van der Waals surface area (Å²) in [6, 6.07) is 18.7. The number of hydrogen-bond donors (Lipinski definition) is 3. The Balaban J connectivity index is 1.73. The Bertz CT molecular complexity index is 1470. The fourth-order valence-electron chi connectivity index (χ4n) is 6.48. The Hall–Kier alpha value is -4.37. The number of fused-ring (bicyclic) bond motifs is 5. The summed E-state index contributed by atoms with van der Waals surface area (Å²) in [6.45, 7) is 0. The molecule has 3 aromatic carbocycles. The summed E-state index contributed by atoms with van der Waals surface area (Å²) in [5.41, 5.74) is -0.166.